The van der Waals surface area contributed by atoms with E-state index in [1.165, 1.54) is 48.8 Å². The first-order valence-corrected chi connectivity index (χ1v) is 7.34. The van der Waals surface area contributed by atoms with Crippen molar-refractivity contribution >= 4 is 17.4 Å². The van der Waals surface area contributed by atoms with E-state index in [9.17, 15) is 18.8 Å². The van der Waals surface area contributed by atoms with Crippen LogP contribution in [0.5, 0.6) is 0 Å². The number of carbonyl (C=O) groups is 2. The third kappa shape index (κ3) is 3.86. The molecule has 0 radical (unpaired) electrons. The van der Waals surface area contributed by atoms with Gasteiger partial charge in [-0.1, -0.05) is 0 Å². The first kappa shape index (κ1) is 16.3. The van der Waals surface area contributed by atoms with Crippen molar-refractivity contribution in [1.29, 1.82) is 0 Å². The van der Waals surface area contributed by atoms with Crippen molar-refractivity contribution in [2.24, 2.45) is 0 Å². The van der Waals surface area contributed by atoms with Crippen LogP contribution in [0.1, 0.15) is 26.4 Å². The van der Waals surface area contributed by atoms with E-state index >= 15 is 0 Å². The lowest BCUT2D eigenvalue weighted by Gasteiger charge is -2.05. The van der Waals surface area contributed by atoms with E-state index in [2.05, 4.69) is 20.5 Å². The van der Waals surface area contributed by atoms with Crippen molar-refractivity contribution < 1.29 is 14.0 Å². The van der Waals surface area contributed by atoms with Gasteiger partial charge in [-0.3, -0.25) is 19.5 Å². The molecule has 2 heterocycles. The number of ketones is 1. The Balaban J connectivity index is 1.74. The zero-order chi connectivity index (χ0) is 17.8. The molecule has 0 saturated heterocycles. The van der Waals surface area contributed by atoms with Crippen LogP contribution in [0.4, 0.5) is 10.1 Å². The number of amides is 1. The Morgan fingerprint density at radius 2 is 1.88 bits per heavy atom. The molecule has 0 aliphatic rings. The number of anilines is 1. The Morgan fingerprint density at radius 3 is 2.56 bits per heavy atom. The zero-order valence-corrected chi connectivity index (χ0v) is 12.9. The second-order valence-corrected chi connectivity index (χ2v) is 5.27. The van der Waals surface area contributed by atoms with Gasteiger partial charge in [0, 0.05) is 35.5 Å². The van der Waals surface area contributed by atoms with E-state index in [0.717, 1.165) is 0 Å². The monoisotopic (exact) mass is 340 g/mol. The number of pyridine rings is 1. The highest BCUT2D eigenvalue weighted by atomic mass is 19.1. The average molecular weight is 340 g/mol. The Kier molecular flexibility index (Phi) is 4.51. The predicted octanol–water partition coefficient (Wildman–Crippen LogP) is 1.91. The van der Waals surface area contributed by atoms with E-state index in [-0.39, 0.29) is 23.5 Å². The molecule has 3 rings (SSSR count). The molecular weight excluding hydrogens is 327 g/mol. The maximum Gasteiger partial charge on any atom is 0.273 e. The molecule has 7 nitrogen and oxygen atoms in total. The molecule has 0 bridgehead atoms. The molecule has 126 valence electrons. The van der Waals surface area contributed by atoms with Crippen molar-refractivity contribution in [3.05, 3.63) is 81.8 Å². The SMILES string of the molecule is O=C(Cc1cn[nH]c1C(=O)Nc1ccc(F)cc1)c1ccc(=O)[nH]c1. The Bertz CT molecular complexity index is 956. The lowest BCUT2D eigenvalue weighted by atomic mass is 10.0. The molecule has 25 heavy (non-hydrogen) atoms. The van der Waals surface area contributed by atoms with Crippen molar-refractivity contribution in [2.75, 3.05) is 5.32 Å². The third-order valence-electron chi connectivity index (χ3n) is 3.50. The number of hydrogen-bond acceptors (Lipinski definition) is 4. The van der Waals surface area contributed by atoms with E-state index in [0.29, 0.717) is 16.8 Å². The summed E-state index contributed by atoms with van der Waals surface area (Å²) in [4.78, 5) is 38.0. The number of hydrogen-bond donors (Lipinski definition) is 3. The highest BCUT2D eigenvalue weighted by molar-refractivity contribution is 6.05. The summed E-state index contributed by atoms with van der Waals surface area (Å²) in [7, 11) is 0. The number of nitrogens with zero attached hydrogens (tertiary/aromatic N) is 1. The van der Waals surface area contributed by atoms with Crippen molar-refractivity contribution in [1.82, 2.24) is 15.2 Å². The van der Waals surface area contributed by atoms with Gasteiger partial charge < -0.3 is 10.3 Å². The van der Waals surface area contributed by atoms with Crippen LogP contribution in [0.25, 0.3) is 0 Å². The molecule has 0 atom stereocenters. The lowest BCUT2D eigenvalue weighted by Crippen LogP contribution is -2.16. The van der Waals surface area contributed by atoms with Gasteiger partial charge in [-0.15, -0.1) is 0 Å². The molecule has 0 spiro atoms. The largest absolute Gasteiger partial charge is 0.328 e. The standard InChI is InChI=1S/C17H13FN4O3/c18-12-2-4-13(5-3-12)21-17(25)16-11(9-20-22-16)7-14(23)10-1-6-15(24)19-8-10/h1-6,8-9H,7H2,(H,19,24)(H,20,22)(H,21,25). The molecule has 0 aliphatic carbocycles. The van der Waals surface area contributed by atoms with E-state index < -0.39 is 11.7 Å². The molecule has 0 fully saturated rings. The lowest BCUT2D eigenvalue weighted by molar-refractivity contribution is 0.0992. The predicted molar refractivity (Wildman–Crippen MR) is 88.0 cm³/mol. The molecule has 1 aromatic carbocycles. The normalized spacial score (nSPS) is 10.4. The number of Topliss-reactive ketones (excluding diaryl/α,β-unsaturated/α-hetero) is 1. The number of rotatable bonds is 5. The number of carbonyl (C=O) groups excluding carboxylic acids is 2. The Morgan fingerprint density at radius 1 is 1.12 bits per heavy atom. The number of aromatic amines is 2. The highest BCUT2D eigenvalue weighted by Crippen LogP contribution is 2.13. The van der Waals surface area contributed by atoms with E-state index in [1.54, 1.807) is 0 Å². The second kappa shape index (κ2) is 6.91. The van der Waals surface area contributed by atoms with Gasteiger partial charge in [-0.05, 0) is 30.3 Å². The highest BCUT2D eigenvalue weighted by Gasteiger charge is 2.17. The van der Waals surface area contributed by atoms with Gasteiger partial charge in [0.1, 0.15) is 11.5 Å². The number of nitrogens with one attached hydrogen (secondary N) is 3. The summed E-state index contributed by atoms with van der Waals surface area (Å²) in [6, 6.07) is 7.97. The van der Waals surface area contributed by atoms with Crippen LogP contribution >= 0.6 is 0 Å². The summed E-state index contributed by atoms with van der Waals surface area (Å²) in [5.41, 5.74) is 0.988. The fourth-order valence-corrected chi connectivity index (χ4v) is 2.23. The molecule has 3 N–H and O–H groups in total. The Hall–Kier alpha value is -3.55. The second-order valence-electron chi connectivity index (χ2n) is 5.27. The van der Waals surface area contributed by atoms with Crippen LogP contribution in [-0.2, 0) is 6.42 Å². The van der Waals surface area contributed by atoms with Crippen LogP contribution in [0, 0.1) is 5.82 Å². The molecule has 2 aromatic heterocycles. The molecule has 0 aliphatic heterocycles. The van der Waals surface area contributed by atoms with Gasteiger partial charge >= 0.3 is 0 Å². The summed E-state index contributed by atoms with van der Waals surface area (Å²) >= 11 is 0. The van der Waals surface area contributed by atoms with Crippen LogP contribution in [0.3, 0.4) is 0 Å². The van der Waals surface area contributed by atoms with Crippen molar-refractivity contribution in [3.8, 4) is 0 Å². The molecule has 0 unspecified atom stereocenters. The van der Waals surface area contributed by atoms with Gasteiger partial charge in [0.15, 0.2) is 5.78 Å². The van der Waals surface area contributed by atoms with Gasteiger partial charge in [-0.25, -0.2) is 4.39 Å². The first-order chi connectivity index (χ1) is 12.0. The quantitative estimate of drug-likeness (QED) is 0.617. The van der Waals surface area contributed by atoms with Crippen LogP contribution in [-0.4, -0.2) is 26.9 Å². The Labute approximate surface area is 140 Å². The maximum absolute atomic E-state index is 12.9. The number of benzene rings is 1. The van der Waals surface area contributed by atoms with Gasteiger partial charge in [0.25, 0.3) is 5.91 Å². The van der Waals surface area contributed by atoms with Crippen molar-refractivity contribution in [3.63, 3.8) is 0 Å². The average Bonchev–Trinajstić information content (AvgIpc) is 3.05. The molecule has 0 saturated carbocycles. The van der Waals surface area contributed by atoms with E-state index in [4.69, 9.17) is 0 Å². The summed E-state index contributed by atoms with van der Waals surface area (Å²) in [5, 5.41) is 8.96. The third-order valence-corrected chi connectivity index (χ3v) is 3.50. The molecule has 3 aromatic rings. The van der Waals surface area contributed by atoms with Crippen LogP contribution in [0.15, 0.2) is 53.6 Å². The number of H-pyrrole nitrogens is 2. The molecular formula is C17H13FN4O3. The first-order valence-electron chi connectivity index (χ1n) is 7.34. The van der Waals surface area contributed by atoms with Crippen LogP contribution in [0.2, 0.25) is 0 Å². The van der Waals surface area contributed by atoms with E-state index in [1.807, 2.05) is 0 Å². The minimum Gasteiger partial charge on any atom is -0.328 e. The van der Waals surface area contributed by atoms with Gasteiger partial charge in [0.05, 0.1) is 6.20 Å². The number of halogens is 1. The topological polar surface area (TPSA) is 108 Å². The molecule has 8 heteroatoms. The minimum absolute atomic E-state index is 0.0608. The van der Waals surface area contributed by atoms with Crippen LogP contribution < -0.4 is 10.9 Å². The fraction of sp³-hybridized carbons (Fsp3) is 0.0588. The summed E-state index contributed by atoms with van der Waals surface area (Å²) in [6.07, 6.45) is 2.65. The fourth-order valence-electron chi connectivity index (χ4n) is 2.23. The number of aromatic nitrogens is 3. The zero-order valence-electron chi connectivity index (χ0n) is 12.9. The maximum atomic E-state index is 12.9. The van der Waals surface area contributed by atoms with Crippen molar-refractivity contribution in [2.45, 2.75) is 6.42 Å². The van der Waals surface area contributed by atoms with Gasteiger partial charge in [0.2, 0.25) is 5.56 Å². The summed E-state index contributed by atoms with van der Waals surface area (Å²) in [5.74, 6) is -1.17. The smallest absolute Gasteiger partial charge is 0.273 e. The minimum atomic E-state index is -0.492. The summed E-state index contributed by atoms with van der Waals surface area (Å²) in [6.45, 7) is 0. The van der Waals surface area contributed by atoms with Gasteiger partial charge in [-0.2, -0.15) is 5.10 Å². The molecule has 1 amide bonds. The summed E-state index contributed by atoms with van der Waals surface area (Å²) < 4.78 is 12.9.